The molecule has 0 bridgehead atoms. The van der Waals surface area contributed by atoms with Gasteiger partial charge in [0.15, 0.2) is 6.61 Å². The van der Waals surface area contributed by atoms with E-state index in [0.717, 1.165) is 23.9 Å². The van der Waals surface area contributed by atoms with Crippen LogP contribution in [-0.4, -0.2) is 76.1 Å². The topological polar surface area (TPSA) is 198 Å². The Balaban J connectivity index is 1.05. The second kappa shape index (κ2) is 18.6. The van der Waals surface area contributed by atoms with Crippen LogP contribution in [0, 0.1) is 0 Å². The first-order chi connectivity index (χ1) is 28.3. The van der Waals surface area contributed by atoms with E-state index < -0.39 is 60.6 Å². The summed E-state index contributed by atoms with van der Waals surface area (Å²) in [6.07, 6.45) is -0.194. The standard InChI is InChI=1S/C40H37ClF3N9O6/c1-58-35(57)31(22-46-33(55)34(56)47-30-7-4-5-24(21-30)8-15-28-6-2-3-20-45-28)49-32(54)25-9-16-29(17-10-25)48-36-50-37(52-38(51-36)59-23-40(42,43)44)53-39(18-19-39)26-11-13-27(41)14-12-26/h2-7,9-14,16-17,20-21,31H,8,15,18-19,22-23H2,1H3,(H,46,55)(H,47,56)(H,49,54)(H2,48,50,51,52,53)/t31-/m0/s1. The number of alkyl halides is 3. The number of rotatable bonds is 16. The number of hydrogen-bond donors (Lipinski definition) is 5. The Kier molecular flexibility index (Phi) is 13.2. The number of aryl methyl sites for hydroxylation is 2. The molecule has 15 nitrogen and oxygen atoms in total. The number of pyridine rings is 1. The Labute approximate surface area is 340 Å². The van der Waals surface area contributed by atoms with Crippen molar-refractivity contribution in [2.75, 3.05) is 36.2 Å². The largest absolute Gasteiger partial charge is 0.467 e. The number of benzene rings is 3. The van der Waals surface area contributed by atoms with Crippen molar-refractivity contribution in [3.8, 4) is 6.01 Å². The normalized spacial score (nSPS) is 13.3. The van der Waals surface area contributed by atoms with Gasteiger partial charge < -0.3 is 36.1 Å². The minimum absolute atomic E-state index is 0.0387. The lowest BCUT2D eigenvalue weighted by Gasteiger charge is -2.19. The van der Waals surface area contributed by atoms with Crippen LogP contribution in [-0.2, 0) is 37.5 Å². The number of nitrogens with zero attached hydrogens (tertiary/aromatic N) is 4. The van der Waals surface area contributed by atoms with E-state index in [4.69, 9.17) is 21.1 Å². The summed E-state index contributed by atoms with van der Waals surface area (Å²) in [5.74, 6) is -3.84. The molecule has 1 atom stereocenters. The highest BCUT2D eigenvalue weighted by molar-refractivity contribution is 6.39. The average molecular weight is 832 g/mol. The minimum Gasteiger partial charge on any atom is -0.467 e. The van der Waals surface area contributed by atoms with Crippen LogP contribution in [0.5, 0.6) is 6.01 Å². The Morgan fingerprint density at radius 1 is 0.847 bits per heavy atom. The molecule has 19 heteroatoms. The molecule has 0 unspecified atom stereocenters. The number of aromatic nitrogens is 4. The van der Waals surface area contributed by atoms with Crippen LogP contribution in [0.3, 0.4) is 0 Å². The van der Waals surface area contributed by atoms with Gasteiger partial charge in [-0.25, -0.2) is 4.79 Å². The smallest absolute Gasteiger partial charge is 0.422 e. The maximum absolute atomic E-state index is 13.2. The molecule has 0 radical (unpaired) electrons. The van der Waals surface area contributed by atoms with Gasteiger partial charge in [0.25, 0.3) is 5.91 Å². The molecular weight excluding hydrogens is 795 g/mol. The van der Waals surface area contributed by atoms with E-state index in [1.54, 1.807) is 36.5 Å². The van der Waals surface area contributed by atoms with Crippen LogP contribution in [0.1, 0.15) is 40.0 Å². The first-order valence-corrected chi connectivity index (χ1v) is 18.5. The van der Waals surface area contributed by atoms with Gasteiger partial charge in [-0.05, 0) is 97.5 Å². The number of carbonyl (C=O) groups is 4. The molecule has 0 saturated heterocycles. The number of nitrogens with one attached hydrogen (secondary N) is 5. The first-order valence-electron chi connectivity index (χ1n) is 18.1. The number of esters is 1. The van der Waals surface area contributed by atoms with E-state index in [1.165, 1.54) is 24.3 Å². The predicted octanol–water partition coefficient (Wildman–Crippen LogP) is 5.52. The number of methoxy groups -OCH3 is 1. The molecule has 5 N–H and O–H groups in total. The van der Waals surface area contributed by atoms with E-state index in [0.29, 0.717) is 42.1 Å². The van der Waals surface area contributed by atoms with Gasteiger partial charge in [-0.15, -0.1) is 0 Å². The SMILES string of the molecule is COC(=O)[C@H](CNC(=O)C(=O)Nc1cccc(CCc2ccccn2)c1)NC(=O)c1ccc(Nc2nc(NC3(c4ccc(Cl)cc4)CC3)nc(OCC(F)(F)F)n2)cc1. The van der Waals surface area contributed by atoms with Gasteiger partial charge in [0.1, 0.15) is 6.04 Å². The number of anilines is 4. The van der Waals surface area contributed by atoms with Gasteiger partial charge in [-0.2, -0.15) is 28.1 Å². The Morgan fingerprint density at radius 3 is 2.27 bits per heavy atom. The molecule has 6 rings (SSSR count). The van der Waals surface area contributed by atoms with Crippen LogP contribution in [0.2, 0.25) is 5.02 Å². The Bertz CT molecular complexity index is 2280. The van der Waals surface area contributed by atoms with E-state index in [1.807, 2.05) is 36.4 Å². The van der Waals surface area contributed by atoms with Crippen molar-refractivity contribution in [2.24, 2.45) is 0 Å². The lowest BCUT2D eigenvalue weighted by Crippen LogP contribution is -2.50. The molecule has 2 heterocycles. The lowest BCUT2D eigenvalue weighted by molar-refractivity contribution is -0.154. The van der Waals surface area contributed by atoms with Gasteiger partial charge in [0.2, 0.25) is 11.9 Å². The molecule has 0 spiro atoms. The van der Waals surface area contributed by atoms with E-state index >= 15 is 0 Å². The molecule has 1 saturated carbocycles. The summed E-state index contributed by atoms with van der Waals surface area (Å²) >= 11 is 6.04. The fraction of sp³-hybridized carbons (Fsp3) is 0.250. The number of ether oxygens (including phenoxy) is 2. The monoisotopic (exact) mass is 831 g/mol. The maximum Gasteiger partial charge on any atom is 0.422 e. The predicted molar refractivity (Wildman–Crippen MR) is 210 cm³/mol. The summed E-state index contributed by atoms with van der Waals surface area (Å²) in [7, 11) is 1.10. The van der Waals surface area contributed by atoms with E-state index in [2.05, 4.69) is 46.5 Å². The van der Waals surface area contributed by atoms with Gasteiger partial charge in [-0.3, -0.25) is 19.4 Å². The van der Waals surface area contributed by atoms with Crippen molar-refractivity contribution in [3.63, 3.8) is 0 Å². The lowest BCUT2D eigenvalue weighted by atomic mass is 10.1. The van der Waals surface area contributed by atoms with Crippen molar-refractivity contribution < 1.29 is 41.8 Å². The molecule has 0 aliphatic heterocycles. The number of carbonyl (C=O) groups excluding carboxylic acids is 4. The van der Waals surface area contributed by atoms with Crippen molar-refractivity contribution in [3.05, 3.63) is 125 Å². The van der Waals surface area contributed by atoms with Crippen LogP contribution < -0.4 is 31.3 Å². The Hall–Kier alpha value is -6.82. The van der Waals surface area contributed by atoms with Gasteiger partial charge >= 0.3 is 30.0 Å². The maximum atomic E-state index is 13.2. The fourth-order valence-electron chi connectivity index (χ4n) is 5.77. The zero-order valence-electron chi connectivity index (χ0n) is 31.3. The number of halogens is 4. The third-order valence-electron chi connectivity index (χ3n) is 8.93. The Morgan fingerprint density at radius 2 is 1.59 bits per heavy atom. The van der Waals surface area contributed by atoms with Crippen LogP contribution in [0.15, 0.2) is 97.2 Å². The molecule has 3 amide bonds. The number of hydrogen-bond acceptors (Lipinski definition) is 12. The van der Waals surface area contributed by atoms with Crippen LogP contribution in [0.25, 0.3) is 0 Å². The molecule has 5 aromatic rings. The summed E-state index contributed by atoms with van der Waals surface area (Å²) in [4.78, 5) is 67.7. The molecule has 1 fully saturated rings. The van der Waals surface area contributed by atoms with Crippen LogP contribution >= 0.6 is 11.6 Å². The summed E-state index contributed by atoms with van der Waals surface area (Å²) in [6, 6.07) is 23.5. The second-order valence-electron chi connectivity index (χ2n) is 13.3. The van der Waals surface area contributed by atoms with Crippen molar-refractivity contribution in [1.29, 1.82) is 0 Å². The van der Waals surface area contributed by atoms with E-state index in [-0.39, 0.29) is 17.5 Å². The quantitative estimate of drug-likeness (QED) is 0.0618. The van der Waals surface area contributed by atoms with Gasteiger partial charge in [0, 0.05) is 40.4 Å². The van der Waals surface area contributed by atoms with Gasteiger partial charge in [0.05, 0.1) is 12.6 Å². The summed E-state index contributed by atoms with van der Waals surface area (Å²) < 4.78 is 48.6. The summed E-state index contributed by atoms with van der Waals surface area (Å²) in [6.45, 7) is -2.10. The molecule has 306 valence electrons. The number of amides is 3. The minimum atomic E-state index is -4.65. The van der Waals surface area contributed by atoms with Crippen molar-refractivity contribution >= 4 is 58.6 Å². The molecule has 1 aliphatic rings. The zero-order valence-corrected chi connectivity index (χ0v) is 32.1. The van der Waals surface area contributed by atoms with Crippen LogP contribution in [0.4, 0.5) is 36.4 Å². The highest BCUT2D eigenvalue weighted by atomic mass is 35.5. The fourth-order valence-corrected chi connectivity index (χ4v) is 5.90. The first kappa shape index (κ1) is 41.8. The van der Waals surface area contributed by atoms with Crippen molar-refractivity contribution in [2.45, 2.75) is 43.4 Å². The molecule has 1 aliphatic carbocycles. The highest BCUT2D eigenvalue weighted by Gasteiger charge is 2.45. The molecule has 2 aromatic heterocycles. The summed E-state index contributed by atoms with van der Waals surface area (Å²) in [5.41, 5.74) is 2.96. The highest BCUT2D eigenvalue weighted by Crippen LogP contribution is 2.48. The van der Waals surface area contributed by atoms with E-state index in [9.17, 15) is 32.3 Å². The van der Waals surface area contributed by atoms with Crippen molar-refractivity contribution in [1.82, 2.24) is 30.6 Å². The van der Waals surface area contributed by atoms with Gasteiger partial charge in [-0.1, -0.05) is 41.9 Å². The average Bonchev–Trinajstić information content (AvgIpc) is 4.01. The molecule has 3 aromatic carbocycles. The zero-order chi connectivity index (χ0) is 42.0. The summed E-state index contributed by atoms with van der Waals surface area (Å²) in [5, 5.41) is 13.9. The third-order valence-corrected chi connectivity index (χ3v) is 9.18. The second-order valence-corrected chi connectivity index (χ2v) is 13.8. The molecular formula is C40H37ClF3N9O6. The molecule has 59 heavy (non-hydrogen) atoms. The third kappa shape index (κ3) is 12.1.